The molecule has 0 saturated heterocycles. The van der Waals surface area contributed by atoms with Crippen LogP contribution in [0.2, 0.25) is 0 Å². The zero-order valence-electron chi connectivity index (χ0n) is 12.9. The molecule has 0 aliphatic heterocycles. The van der Waals surface area contributed by atoms with E-state index in [-0.39, 0.29) is 12.6 Å². The Balaban J connectivity index is 2.36. The summed E-state index contributed by atoms with van der Waals surface area (Å²) >= 11 is 0. The van der Waals surface area contributed by atoms with Gasteiger partial charge in [-0.3, -0.25) is 0 Å². The monoisotopic (exact) mass is 270 g/mol. The lowest BCUT2D eigenvalue weighted by atomic mass is 9.69. The molecule has 0 aromatic carbocycles. The number of nitrogens with zero attached hydrogens (tertiary/aromatic N) is 1. The van der Waals surface area contributed by atoms with Crippen molar-refractivity contribution in [1.82, 2.24) is 10.2 Å². The Bertz CT molecular complexity index is 284. The predicted molar refractivity (Wildman–Crippen MR) is 78.1 cm³/mol. The minimum atomic E-state index is -0.0627. The molecule has 0 heterocycles. The first-order chi connectivity index (χ1) is 8.90. The van der Waals surface area contributed by atoms with Gasteiger partial charge in [-0.25, -0.2) is 4.79 Å². The molecule has 1 rings (SSSR count). The molecule has 0 spiro atoms. The highest BCUT2D eigenvalue weighted by molar-refractivity contribution is 5.74. The fraction of sp³-hybridized carbons (Fsp3) is 0.933. The zero-order chi connectivity index (χ0) is 14.5. The van der Waals surface area contributed by atoms with Gasteiger partial charge in [-0.15, -0.1) is 0 Å². The molecule has 4 heteroatoms. The van der Waals surface area contributed by atoms with Gasteiger partial charge in [-0.1, -0.05) is 27.2 Å². The third kappa shape index (κ3) is 4.68. The van der Waals surface area contributed by atoms with Gasteiger partial charge in [0.2, 0.25) is 0 Å². The lowest BCUT2D eigenvalue weighted by molar-refractivity contribution is 0.134. The van der Waals surface area contributed by atoms with Gasteiger partial charge >= 0.3 is 6.03 Å². The summed E-state index contributed by atoms with van der Waals surface area (Å²) in [6.45, 7) is 7.38. The number of carbonyl (C=O) groups excluding carboxylic acids is 1. The van der Waals surface area contributed by atoms with Crippen LogP contribution < -0.4 is 5.32 Å². The maximum absolute atomic E-state index is 11.8. The highest BCUT2D eigenvalue weighted by Crippen LogP contribution is 2.40. The SMILES string of the molecule is CCC(C)(C)C1CCC(NC(=O)N(C)CCO)CC1. The molecular formula is C15H30N2O2. The van der Waals surface area contributed by atoms with Gasteiger partial charge in [0.25, 0.3) is 0 Å². The number of amides is 2. The highest BCUT2D eigenvalue weighted by Gasteiger charge is 2.32. The topological polar surface area (TPSA) is 52.6 Å². The van der Waals surface area contributed by atoms with Gasteiger partial charge in [-0.05, 0) is 37.0 Å². The van der Waals surface area contributed by atoms with Crippen molar-refractivity contribution in [3.63, 3.8) is 0 Å². The second-order valence-corrected chi connectivity index (χ2v) is 6.49. The second kappa shape index (κ2) is 7.13. The molecule has 19 heavy (non-hydrogen) atoms. The third-order valence-corrected chi connectivity index (χ3v) is 4.85. The van der Waals surface area contributed by atoms with E-state index >= 15 is 0 Å². The second-order valence-electron chi connectivity index (χ2n) is 6.49. The predicted octanol–water partition coefficient (Wildman–Crippen LogP) is 2.62. The van der Waals surface area contributed by atoms with Crippen molar-refractivity contribution in [2.75, 3.05) is 20.2 Å². The van der Waals surface area contributed by atoms with Gasteiger partial charge in [0, 0.05) is 19.6 Å². The van der Waals surface area contributed by atoms with Crippen LogP contribution in [0.15, 0.2) is 0 Å². The van der Waals surface area contributed by atoms with Crippen molar-refractivity contribution in [2.45, 2.75) is 58.9 Å². The van der Waals surface area contributed by atoms with Crippen molar-refractivity contribution in [1.29, 1.82) is 0 Å². The minimum Gasteiger partial charge on any atom is -0.395 e. The summed E-state index contributed by atoms with van der Waals surface area (Å²) in [6, 6.07) is 0.241. The van der Waals surface area contributed by atoms with E-state index in [1.54, 1.807) is 11.9 Å². The molecule has 0 aromatic heterocycles. The van der Waals surface area contributed by atoms with E-state index in [9.17, 15) is 4.79 Å². The average molecular weight is 270 g/mol. The van der Waals surface area contributed by atoms with E-state index in [0.29, 0.717) is 18.0 Å². The number of urea groups is 1. The summed E-state index contributed by atoms with van der Waals surface area (Å²) in [5, 5.41) is 11.9. The van der Waals surface area contributed by atoms with Crippen LogP contribution in [0.3, 0.4) is 0 Å². The number of aliphatic hydroxyl groups is 1. The van der Waals surface area contributed by atoms with Crippen molar-refractivity contribution in [2.24, 2.45) is 11.3 Å². The Morgan fingerprint density at radius 2 is 1.89 bits per heavy atom. The van der Waals surface area contributed by atoms with Crippen LogP contribution in [0, 0.1) is 11.3 Å². The molecular weight excluding hydrogens is 240 g/mol. The van der Waals surface area contributed by atoms with Crippen LogP contribution in [0.5, 0.6) is 0 Å². The average Bonchev–Trinajstić information content (AvgIpc) is 2.39. The van der Waals surface area contributed by atoms with Crippen LogP contribution in [0.1, 0.15) is 52.9 Å². The summed E-state index contributed by atoms with van der Waals surface area (Å²) in [6.07, 6.45) is 5.78. The summed E-state index contributed by atoms with van der Waals surface area (Å²) in [7, 11) is 1.72. The molecule has 4 nitrogen and oxygen atoms in total. The van der Waals surface area contributed by atoms with E-state index in [1.807, 2.05) is 0 Å². The van der Waals surface area contributed by atoms with Gasteiger partial charge in [0.15, 0.2) is 0 Å². The quantitative estimate of drug-likeness (QED) is 0.807. The van der Waals surface area contributed by atoms with Crippen LogP contribution in [0.4, 0.5) is 4.79 Å². The Labute approximate surface area is 117 Å². The number of rotatable bonds is 5. The molecule has 0 atom stereocenters. The number of hydrogen-bond acceptors (Lipinski definition) is 2. The first-order valence-electron chi connectivity index (χ1n) is 7.53. The molecule has 2 N–H and O–H groups in total. The van der Waals surface area contributed by atoms with Crippen LogP contribution in [-0.4, -0.2) is 42.3 Å². The molecule has 0 aromatic rings. The van der Waals surface area contributed by atoms with Gasteiger partial charge < -0.3 is 15.3 Å². The largest absolute Gasteiger partial charge is 0.395 e. The van der Waals surface area contributed by atoms with Crippen molar-refractivity contribution >= 4 is 6.03 Å². The van der Waals surface area contributed by atoms with E-state index < -0.39 is 0 Å². The summed E-state index contributed by atoms with van der Waals surface area (Å²) in [5.41, 5.74) is 0.419. The molecule has 0 bridgehead atoms. The molecule has 112 valence electrons. The minimum absolute atomic E-state index is 0.0152. The van der Waals surface area contributed by atoms with Crippen LogP contribution >= 0.6 is 0 Å². The highest BCUT2D eigenvalue weighted by atomic mass is 16.3. The zero-order valence-corrected chi connectivity index (χ0v) is 12.9. The van der Waals surface area contributed by atoms with Crippen molar-refractivity contribution in [3.05, 3.63) is 0 Å². The summed E-state index contributed by atoms with van der Waals surface area (Å²) in [5.74, 6) is 0.779. The molecule has 2 amide bonds. The Morgan fingerprint density at radius 3 is 2.37 bits per heavy atom. The standard InChI is InChI=1S/C15H30N2O2/c1-5-15(2,3)12-6-8-13(9-7-12)16-14(19)17(4)10-11-18/h12-13,18H,5-11H2,1-4H3,(H,16,19). The van der Waals surface area contributed by atoms with Crippen LogP contribution in [-0.2, 0) is 0 Å². The Kier molecular flexibility index (Phi) is 6.11. The molecule has 1 aliphatic carbocycles. The lowest BCUT2D eigenvalue weighted by Gasteiger charge is -2.39. The van der Waals surface area contributed by atoms with Crippen molar-refractivity contribution < 1.29 is 9.90 Å². The molecule has 0 radical (unpaired) electrons. The number of nitrogens with one attached hydrogen (secondary N) is 1. The first-order valence-corrected chi connectivity index (χ1v) is 7.53. The van der Waals surface area contributed by atoms with E-state index in [0.717, 1.165) is 18.8 Å². The van der Waals surface area contributed by atoms with Gasteiger partial charge in [-0.2, -0.15) is 0 Å². The van der Waals surface area contributed by atoms with Crippen LogP contribution in [0.25, 0.3) is 0 Å². The molecule has 0 unspecified atom stereocenters. The van der Waals surface area contributed by atoms with Gasteiger partial charge in [0.1, 0.15) is 0 Å². The molecule has 1 fully saturated rings. The molecule has 1 saturated carbocycles. The first kappa shape index (κ1) is 16.3. The maximum Gasteiger partial charge on any atom is 0.317 e. The van der Waals surface area contributed by atoms with E-state index in [2.05, 4.69) is 26.1 Å². The Morgan fingerprint density at radius 1 is 1.32 bits per heavy atom. The number of likely N-dealkylation sites (N-methyl/N-ethyl adjacent to an activating group) is 1. The lowest BCUT2D eigenvalue weighted by Crippen LogP contribution is -2.46. The number of hydrogen-bond donors (Lipinski definition) is 2. The number of aliphatic hydroxyl groups excluding tert-OH is 1. The third-order valence-electron chi connectivity index (χ3n) is 4.85. The number of carbonyl (C=O) groups is 1. The summed E-state index contributed by atoms with van der Waals surface area (Å²) < 4.78 is 0. The van der Waals surface area contributed by atoms with Crippen molar-refractivity contribution in [3.8, 4) is 0 Å². The fourth-order valence-corrected chi connectivity index (χ4v) is 2.84. The summed E-state index contributed by atoms with van der Waals surface area (Å²) in [4.78, 5) is 13.4. The normalized spacial score (nSPS) is 24.1. The van der Waals surface area contributed by atoms with E-state index in [1.165, 1.54) is 19.3 Å². The smallest absolute Gasteiger partial charge is 0.317 e. The molecule has 1 aliphatic rings. The maximum atomic E-state index is 11.8. The van der Waals surface area contributed by atoms with Gasteiger partial charge in [0.05, 0.1) is 6.61 Å². The Hall–Kier alpha value is -0.770. The van der Waals surface area contributed by atoms with E-state index in [4.69, 9.17) is 5.11 Å². The fourth-order valence-electron chi connectivity index (χ4n) is 2.84.